The van der Waals surface area contributed by atoms with E-state index in [0.717, 1.165) is 6.07 Å². The smallest absolute Gasteiger partial charge is 0.279 e. The van der Waals surface area contributed by atoms with Crippen LogP contribution >= 0.6 is 0 Å². The van der Waals surface area contributed by atoms with Crippen molar-refractivity contribution < 1.29 is 21.6 Å². The molecule has 0 aliphatic carbocycles. The van der Waals surface area contributed by atoms with Crippen LogP contribution in [0.2, 0.25) is 0 Å². The minimum Gasteiger partial charge on any atom is -0.279 e. The molecule has 0 unspecified atom stereocenters. The standard InChI is InChI=1S/C13H9F3NO2S/c14-13(15,16)11-8-4-5-9-12(11)17-20(18,19)10-6-2-1-3-7-10/h1-3,5-9,17H. The number of anilines is 1. The van der Waals surface area contributed by atoms with Crippen molar-refractivity contribution >= 4 is 15.7 Å². The van der Waals surface area contributed by atoms with Crippen molar-refractivity contribution in [2.45, 2.75) is 11.1 Å². The second kappa shape index (κ2) is 5.16. The summed E-state index contributed by atoms with van der Waals surface area (Å²) in [5.74, 6) is 0. The first kappa shape index (κ1) is 14.4. The van der Waals surface area contributed by atoms with E-state index in [9.17, 15) is 21.6 Å². The SMILES string of the molecule is O=S(=O)(Nc1cc[c]cc1C(F)(F)F)c1ccccc1. The van der Waals surface area contributed by atoms with Gasteiger partial charge in [0.1, 0.15) is 0 Å². The number of hydrogen-bond acceptors (Lipinski definition) is 2. The average molecular weight is 300 g/mol. The lowest BCUT2D eigenvalue weighted by atomic mass is 10.2. The van der Waals surface area contributed by atoms with Crippen molar-refractivity contribution in [2.75, 3.05) is 4.72 Å². The maximum atomic E-state index is 12.8. The molecule has 0 aliphatic heterocycles. The Hall–Kier alpha value is -2.02. The monoisotopic (exact) mass is 300 g/mol. The van der Waals surface area contributed by atoms with Crippen LogP contribution in [0.4, 0.5) is 18.9 Å². The highest BCUT2D eigenvalue weighted by molar-refractivity contribution is 7.92. The maximum absolute atomic E-state index is 12.8. The molecule has 0 atom stereocenters. The van der Waals surface area contributed by atoms with E-state index >= 15 is 0 Å². The van der Waals surface area contributed by atoms with Crippen LogP contribution in [0.5, 0.6) is 0 Å². The van der Waals surface area contributed by atoms with E-state index < -0.39 is 27.5 Å². The molecule has 0 fully saturated rings. The lowest BCUT2D eigenvalue weighted by Gasteiger charge is -2.14. The predicted molar refractivity (Wildman–Crippen MR) is 67.5 cm³/mol. The summed E-state index contributed by atoms with van der Waals surface area (Å²) in [4.78, 5) is -0.110. The van der Waals surface area contributed by atoms with Gasteiger partial charge in [-0.2, -0.15) is 13.2 Å². The molecule has 3 nitrogen and oxygen atoms in total. The second-order valence-corrected chi connectivity index (χ2v) is 5.57. The highest BCUT2D eigenvalue weighted by Crippen LogP contribution is 2.35. The fourth-order valence-corrected chi connectivity index (χ4v) is 2.66. The van der Waals surface area contributed by atoms with Crippen molar-refractivity contribution in [1.82, 2.24) is 0 Å². The van der Waals surface area contributed by atoms with Crippen molar-refractivity contribution in [1.29, 1.82) is 0 Å². The minimum absolute atomic E-state index is 0.110. The molecule has 105 valence electrons. The molecule has 1 radical (unpaired) electrons. The molecule has 2 rings (SSSR count). The van der Waals surface area contributed by atoms with Gasteiger partial charge < -0.3 is 0 Å². The van der Waals surface area contributed by atoms with Gasteiger partial charge >= 0.3 is 6.18 Å². The summed E-state index contributed by atoms with van der Waals surface area (Å²) >= 11 is 0. The van der Waals surface area contributed by atoms with Crippen molar-refractivity contribution in [3.8, 4) is 0 Å². The number of hydrogen-bond donors (Lipinski definition) is 1. The van der Waals surface area contributed by atoms with Crippen LogP contribution in [0.1, 0.15) is 5.56 Å². The average Bonchev–Trinajstić information content (AvgIpc) is 2.39. The quantitative estimate of drug-likeness (QED) is 0.945. The zero-order chi connectivity index (χ0) is 14.8. The molecule has 0 bridgehead atoms. The molecule has 20 heavy (non-hydrogen) atoms. The van der Waals surface area contributed by atoms with Crippen LogP contribution in [-0.2, 0) is 16.2 Å². The zero-order valence-corrected chi connectivity index (χ0v) is 10.8. The highest BCUT2D eigenvalue weighted by atomic mass is 32.2. The molecule has 7 heteroatoms. The molecule has 0 aliphatic rings. The molecule has 0 heterocycles. The Balaban J connectivity index is 2.41. The topological polar surface area (TPSA) is 46.2 Å². The fraction of sp³-hybridized carbons (Fsp3) is 0.0769. The summed E-state index contributed by atoms with van der Waals surface area (Å²) in [6, 6.07) is 12.4. The Morgan fingerprint density at radius 1 is 1.05 bits per heavy atom. The van der Waals surface area contributed by atoms with Crippen LogP contribution in [-0.4, -0.2) is 8.42 Å². The van der Waals surface area contributed by atoms with Gasteiger partial charge in [-0.3, -0.25) is 4.72 Å². The Morgan fingerprint density at radius 2 is 1.70 bits per heavy atom. The first-order valence-electron chi connectivity index (χ1n) is 5.46. The van der Waals surface area contributed by atoms with Gasteiger partial charge in [-0.1, -0.05) is 24.3 Å². The van der Waals surface area contributed by atoms with Gasteiger partial charge in [-0.15, -0.1) is 0 Å². The fourth-order valence-electron chi connectivity index (χ4n) is 1.56. The van der Waals surface area contributed by atoms with Gasteiger partial charge in [0.15, 0.2) is 0 Å². The summed E-state index contributed by atoms with van der Waals surface area (Å²) in [7, 11) is -4.06. The molecule has 0 saturated heterocycles. The zero-order valence-electron chi connectivity index (χ0n) is 9.98. The van der Waals surface area contributed by atoms with Gasteiger partial charge in [-0.05, 0) is 30.3 Å². The third kappa shape index (κ3) is 3.11. The van der Waals surface area contributed by atoms with Crippen LogP contribution < -0.4 is 4.72 Å². The Morgan fingerprint density at radius 3 is 2.30 bits per heavy atom. The maximum Gasteiger partial charge on any atom is 0.418 e. The highest BCUT2D eigenvalue weighted by Gasteiger charge is 2.34. The third-order valence-corrected chi connectivity index (χ3v) is 3.85. The Bertz CT molecular complexity index is 697. The molecular formula is C13H9F3NO2S. The van der Waals surface area contributed by atoms with E-state index in [-0.39, 0.29) is 4.90 Å². The van der Waals surface area contributed by atoms with Gasteiger partial charge in [0, 0.05) is 0 Å². The van der Waals surface area contributed by atoms with E-state index in [0.29, 0.717) is 6.07 Å². The van der Waals surface area contributed by atoms with Crippen LogP contribution in [0, 0.1) is 6.07 Å². The van der Waals surface area contributed by atoms with E-state index in [1.165, 1.54) is 30.3 Å². The number of rotatable bonds is 3. The first-order valence-corrected chi connectivity index (χ1v) is 6.94. The molecular weight excluding hydrogens is 291 g/mol. The third-order valence-electron chi connectivity index (χ3n) is 2.47. The number of benzene rings is 2. The normalized spacial score (nSPS) is 12.2. The van der Waals surface area contributed by atoms with E-state index in [2.05, 4.69) is 6.07 Å². The predicted octanol–water partition coefficient (Wildman–Crippen LogP) is 3.31. The van der Waals surface area contributed by atoms with E-state index in [1.54, 1.807) is 6.07 Å². The minimum atomic E-state index is -4.66. The summed E-state index contributed by atoms with van der Waals surface area (Å²) in [6.45, 7) is 0. The summed E-state index contributed by atoms with van der Waals surface area (Å²) in [5, 5.41) is 0. The number of halogens is 3. The number of sulfonamides is 1. The van der Waals surface area contributed by atoms with Crippen LogP contribution in [0.15, 0.2) is 53.4 Å². The number of alkyl halides is 3. The Kier molecular flexibility index (Phi) is 3.71. The lowest BCUT2D eigenvalue weighted by Crippen LogP contribution is -2.17. The lowest BCUT2D eigenvalue weighted by molar-refractivity contribution is -0.136. The number of nitrogens with one attached hydrogen (secondary N) is 1. The Labute approximate surface area is 114 Å². The largest absolute Gasteiger partial charge is 0.418 e. The van der Waals surface area contributed by atoms with Crippen molar-refractivity contribution in [3.05, 3.63) is 60.2 Å². The van der Waals surface area contributed by atoms with Gasteiger partial charge in [-0.25, -0.2) is 8.42 Å². The summed E-state index contributed by atoms with van der Waals surface area (Å²) in [6.07, 6.45) is -4.66. The van der Waals surface area contributed by atoms with Crippen molar-refractivity contribution in [3.63, 3.8) is 0 Å². The van der Waals surface area contributed by atoms with Gasteiger partial charge in [0.05, 0.1) is 16.1 Å². The van der Waals surface area contributed by atoms with Gasteiger partial charge in [0.2, 0.25) is 0 Å². The molecule has 2 aromatic rings. The molecule has 2 aromatic carbocycles. The molecule has 0 spiro atoms. The van der Waals surface area contributed by atoms with Crippen molar-refractivity contribution in [2.24, 2.45) is 0 Å². The summed E-state index contributed by atoms with van der Waals surface area (Å²) in [5.41, 5.74) is -1.61. The van der Waals surface area contributed by atoms with E-state index in [1.807, 2.05) is 4.72 Å². The van der Waals surface area contributed by atoms with E-state index in [4.69, 9.17) is 0 Å². The first-order chi connectivity index (χ1) is 9.31. The molecule has 0 aromatic heterocycles. The second-order valence-electron chi connectivity index (χ2n) is 3.89. The molecule has 1 N–H and O–H groups in total. The van der Waals surface area contributed by atoms with Crippen LogP contribution in [0.25, 0.3) is 0 Å². The van der Waals surface area contributed by atoms with Gasteiger partial charge in [0.25, 0.3) is 10.0 Å². The van der Waals surface area contributed by atoms with Crippen LogP contribution in [0.3, 0.4) is 0 Å². The molecule has 0 amide bonds. The summed E-state index contributed by atoms with van der Waals surface area (Å²) < 4.78 is 64.2. The molecule has 0 saturated carbocycles.